The standard InChI is InChI=1S/C15H20S/c1-2-3-4-5-8-11-14-16-15-12-9-6-7-10-13-15/h2,6,8-13H,1,3-5,7,14H2/b11-8-. The number of hydrogen-bond donors (Lipinski definition) is 0. The van der Waals surface area contributed by atoms with Crippen LogP contribution in [-0.2, 0) is 0 Å². The van der Waals surface area contributed by atoms with E-state index in [2.05, 4.69) is 49.1 Å². The van der Waals surface area contributed by atoms with Gasteiger partial charge in [0.05, 0.1) is 0 Å². The van der Waals surface area contributed by atoms with Crippen molar-refractivity contribution in [3.8, 4) is 0 Å². The molecule has 1 aliphatic carbocycles. The number of thioether (sulfide) groups is 1. The largest absolute Gasteiger partial charge is 0.122 e. The summed E-state index contributed by atoms with van der Waals surface area (Å²) in [5.74, 6) is 1.07. The molecule has 0 saturated heterocycles. The predicted octanol–water partition coefficient (Wildman–Crippen LogP) is 5.03. The quantitative estimate of drug-likeness (QED) is 0.438. The molecule has 0 bridgehead atoms. The van der Waals surface area contributed by atoms with E-state index in [1.165, 1.54) is 17.7 Å². The van der Waals surface area contributed by atoms with Gasteiger partial charge in [-0.25, -0.2) is 0 Å². The molecule has 16 heavy (non-hydrogen) atoms. The van der Waals surface area contributed by atoms with Crippen LogP contribution in [0.5, 0.6) is 0 Å². The Morgan fingerprint density at radius 1 is 1.25 bits per heavy atom. The lowest BCUT2D eigenvalue weighted by Crippen LogP contribution is -1.74. The summed E-state index contributed by atoms with van der Waals surface area (Å²) in [6.07, 6.45) is 22.0. The summed E-state index contributed by atoms with van der Waals surface area (Å²) in [7, 11) is 0. The maximum Gasteiger partial charge on any atom is 0.0160 e. The van der Waals surface area contributed by atoms with Crippen molar-refractivity contribution < 1.29 is 0 Å². The Kier molecular flexibility index (Phi) is 7.61. The van der Waals surface area contributed by atoms with Crippen LogP contribution < -0.4 is 0 Å². The Morgan fingerprint density at radius 2 is 2.19 bits per heavy atom. The normalized spacial score (nSPS) is 15.1. The Bertz CT molecular complexity index is 305. The van der Waals surface area contributed by atoms with Gasteiger partial charge < -0.3 is 0 Å². The molecule has 86 valence electrons. The van der Waals surface area contributed by atoms with Gasteiger partial charge in [-0.1, -0.05) is 42.5 Å². The fourth-order valence-corrected chi connectivity index (χ4v) is 2.16. The minimum absolute atomic E-state index is 1.05. The second kappa shape index (κ2) is 9.29. The molecule has 0 aliphatic heterocycles. The van der Waals surface area contributed by atoms with Crippen molar-refractivity contribution in [1.82, 2.24) is 0 Å². The van der Waals surface area contributed by atoms with Crippen molar-refractivity contribution in [1.29, 1.82) is 0 Å². The smallest absolute Gasteiger partial charge is 0.0160 e. The van der Waals surface area contributed by atoms with Crippen molar-refractivity contribution in [2.75, 3.05) is 5.75 Å². The minimum Gasteiger partial charge on any atom is -0.122 e. The van der Waals surface area contributed by atoms with Crippen LogP contribution in [0.2, 0.25) is 0 Å². The Hall–Kier alpha value is -0.950. The third kappa shape index (κ3) is 6.52. The Balaban J connectivity index is 2.12. The van der Waals surface area contributed by atoms with Crippen molar-refractivity contribution in [3.05, 3.63) is 60.1 Å². The molecule has 0 saturated carbocycles. The van der Waals surface area contributed by atoms with Gasteiger partial charge in [0.25, 0.3) is 0 Å². The van der Waals surface area contributed by atoms with Gasteiger partial charge in [-0.3, -0.25) is 0 Å². The summed E-state index contributed by atoms with van der Waals surface area (Å²) < 4.78 is 0. The van der Waals surface area contributed by atoms with E-state index in [0.29, 0.717) is 0 Å². The van der Waals surface area contributed by atoms with Gasteiger partial charge in [0.1, 0.15) is 0 Å². The van der Waals surface area contributed by atoms with Crippen LogP contribution in [-0.4, -0.2) is 5.75 Å². The van der Waals surface area contributed by atoms with Gasteiger partial charge in [-0.05, 0) is 31.8 Å². The van der Waals surface area contributed by atoms with E-state index >= 15 is 0 Å². The van der Waals surface area contributed by atoms with Gasteiger partial charge >= 0.3 is 0 Å². The number of rotatable bonds is 7. The first-order valence-corrected chi connectivity index (χ1v) is 6.84. The number of allylic oxidation sites excluding steroid dienone is 7. The first kappa shape index (κ1) is 13.1. The predicted molar refractivity (Wildman–Crippen MR) is 76.6 cm³/mol. The van der Waals surface area contributed by atoms with E-state index < -0.39 is 0 Å². The van der Waals surface area contributed by atoms with Crippen molar-refractivity contribution in [3.63, 3.8) is 0 Å². The lowest BCUT2D eigenvalue weighted by Gasteiger charge is -1.96. The highest BCUT2D eigenvalue weighted by molar-refractivity contribution is 8.03. The van der Waals surface area contributed by atoms with E-state index in [9.17, 15) is 0 Å². The molecule has 1 heteroatoms. The van der Waals surface area contributed by atoms with Gasteiger partial charge in [0.2, 0.25) is 0 Å². The molecule has 0 aromatic rings. The van der Waals surface area contributed by atoms with Crippen molar-refractivity contribution >= 4 is 11.8 Å². The molecule has 0 nitrogen and oxygen atoms in total. The Labute approximate surface area is 104 Å². The molecule has 0 amide bonds. The van der Waals surface area contributed by atoms with E-state index in [1.54, 1.807) is 0 Å². The molecule has 0 N–H and O–H groups in total. The maximum absolute atomic E-state index is 3.71. The molecule has 0 spiro atoms. The SMILES string of the molecule is C=CCCC/C=C\CSC1=CC=CCC=C1. The summed E-state index contributed by atoms with van der Waals surface area (Å²) >= 11 is 1.89. The van der Waals surface area contributed by atoms with Crippen LogP contribution in [0, 0.1) is 0 Å². The molecule has 0 aromatic carbocycles. The molecular formula is C15H20S. The molecule has 0 atom stereocenters. The van der Waals surface area contributed by atoms with Crippen LogP contribution in [0.4, 0.5) is 0 Å². The summed E-state index contributed by atoms with van der Waals surface area (Å²) in [6, 6.07) is 0. The molecule has 0 fully saturated rings. The van der Waals surface area contributed by atoms with Crippen LogP contribution in [0.15, 0.2) is 60.1 Å². The molecule has 0 radical (unpaired) electrons. The lowest BCUT2D eigenvalue weighted by molar-refractivity contribution is 0.869. The molecule has 0 aromatic heterocycles. The third-order valence-corrected chi connectivity index (χ3v) is 3.21. The van der Waals surface area contributed by atoms with E-state index in [0.717, 1.165) is 18.6 Å². The van der Waals surface area contributed by atoms with Gasteiger partial charge in [-0.2, -0.15) is 0 Å². The fourth-order valence-electron chi connectivity index (χ4n) is 1.37. The van der Waals surface area contributed by atoms with Gasteiger partial charge in [-0.15, -0.1) is 18.3 Å². The van der Waals surface area contributed by atoms with Gasteiger partial charge in [0.15, 0.2) is 0 Å². The monoisotopic (exact) mass is 232 g/mol. The summed E-state index contributed by atoms with van der Waals surface area (Å²) in [5.41, 5.74) is 0. The Morgan fingerprint density at radius 3 is 3.06 bits per heavy atom. The second-order valence-electron chi connectivity index (χ2n) is 3.64. The third-order valence-electron chi connectivity index (χ3n) is 2.24. The highest BCUT2D eigenvalue weighted by atomic mass is 32.2. The van der Waals surface area contributed by atoms with E-state index in [4.69, 9.17) is 0 Å². The van der Waals surface area contributed by atoms with Crippen molar-refractivity contribution in [2.45, 2.75) is 25.7 Å². The average Bonchev–Trinajstić information content (AvgIpc) is 2.56. The van der Waals surface area contributed by atoms with Crippen LogP contribution in [0.3, 0.4) is 0 Å². The van der Waals surface area contributed by atoms with E-state index in [1.807, 2.05) is 17.8 Å². The summed E-state index contributed by atoms with van der Waals surface area (Å²) in [5, 5.41) is 0. The van der Waals surface area contributed by atoms with E-state index in [-0.39, 0.29) is 0 Å². The van der Waals surface area contributed by atoms with Crippen molar-refractivity contribution in [2.24, 2.45) is 0 Å². The fraction of sp³-hybridized carbons (Fsp3) is 0.333. The van der Waals surface area contributed by atoms with Crippen LogP contribution >= 0.6 is 11.8 Å². The van der Waals surface area contributed by atoms with Gasteiger partial charge in [0, 0.05) is 10.7 Å². The number of unbranched alkanes of at least 4 members (excludes halogenated alkanes) is 2. The topological polar surface area (TPSA) is 0 Å². The highest BCUT2D eigenvalue weighted by Crippen LogP contribution is 2.19. The zero-order valence-corrected chi connectivity index (χ0v) is 10.6. The maximum atomic E-state index is 3.71. The average molecular weight is 232 g/mol. The zero-order chi connectivity index (χ0) is 11.5. The molecule has 1 aliphatic rings. The highest BCUT2D eigenvalue weighted by Gasteiger charge is 1.92. The number of hydrogen-bond acceptors (Lipinski definition) is 1. The first-order chi connectivity index (χ1) is 7.93. The summed E-state index contributed by atoms with van der Waals surface area (Å²) in [4.78, 5) is 1.35. The molecule has 1 rings (SSSR count). The zero-order valence-electron chi connectivity index (χ0n) is 9.77. The molecule has 0 heterocycles. The summed E-state index contributed by atoms with van der Waals surface area (Å²) in [6.45, 7) is 3.71. The first-order valence-electron chi connectivity index (χ1n) is 5.85. The van der Waals surface area contributed by atoms with Crippen LogP contribution in [0.1, 0.15) is 25.7 Å². The second-order valence-corrected chi connectivity index (χ2v) is 4.73. The van der Waals surface area contributed by atoms with Crippen LogP contribution in [0.25, 0.3) is 0 Å². The molecular weight excluding hydrogens is 212 g/mol. The lowest BCUT2D eigenvalue weighted by atomic mass is 10.2. The molecule has 0 unspecified atom stereocenters. The minimum atomic E-state index is 1.05.